The topological polar surface area (TPSA) is 50.9 Å². The van der Waals surface area contributed by atoms with Gasteiger partial charge in [0.05, 0.1) is 19.3 Å². The molecular weight excluding hydrogens is 222 g/mol. The summed E-state index contributed by atoms with van der Waals surface area (Å²) in [6, 6.07) is 10.2. The number of hydrogen-bond donors (Lipinski definition) is 1. The van der Waals surface area contributed by atoms with E-state index < -0.39 is 0 Å². The fourth-order valence-corrected chi connectivity index (χ4v) is 2.16. The summed E-state index contributed by atoms with van der Waals surface area (Å²) in [6.07, 6.45) is 1.77. The summed E-state index contributed by atoms with van der Waals surface area (Å²) in [4.78, 5) is 1.25. The Bertz CT molecular complexity index is 430. The second kappa shape index (κ2) is 5.67. The maximum Gasteiger partial charge on any atom is 0.108 e. The predicted octanol–water partition coefficient (Wildman–Crippen LogP) is 1.56. The van der Waals surface area contributed by atoms with Gasteiger partial charge >= 0.3 is 0 Å². The van der Waals surface area contributed by atoms with Crippen molar-refractivity contribution in [3.8, 4) is 0 Å². The van der Waals surface area contributed by atoms with E-state index in [0.29, 0.717) is 5.69 Å². The molecule has 0 spiro atoms. The van der Waals surface area contributed by atoms with Crippen molar-refractivity contribution in [1.29, 1.82) is 0 Å². The summed E-state index contributed by atoms with van der Waals surface area (Å²) in [6.45, 7) is 0.748. The molecule has 0 saturated heterocycles. The SMILES string of the molecule is OCc1cn(CCSc2ccccc2)nn1. The number of benzene rings is 1. The molecule has 0 aliphatic rings. The van der Waals surface area contributed by atoms with Crippen LogP contribution < -0.4 is 0 Å². The Morgan fingerprint density at radius 1 is 1.25 bits per heavy atom. The molecule has 0 amide bonds. The number of aryl methyl sites for hydroxylation is 1. The minimum Gasteiger partial charge on any atom is -0.390 e. The minimum atomic E-state index is -0.0498. The Morgan fingerprint density at radius 2 is 2.06 bits per heavy atom. The Labute approximate surface area is 98.3 Å². The van der Waals surface area contributed by atoms with Gasteiger partial charge in [-0.2, -0.15) is 0 Å². The zero-order valence-corrected chi connectivity index (χ0v) is 9.60. The van der Waals surface area contributed by atoms with E-state index in [1.165, 1.54) is 4.90 Å². The van der Waals surface area contributed by atoms with Crippen molar-refractivity contribution in [1.82, 2.24) is 15.0 Å². The Morgan fingerprint density at radius 3 is 2.75 bits per heavy atom. The first-order chi connectivity index (χ1) is 7.88. The van der Waals surface area contributed by atoms with Crippen LogP contribution >= 0.6 is 11.8 Å². The van der Waals surface area contributed by atoms with Gasteiger partial charge in [0.1, 0.15) is 5.69 Å². The van der Waals surface area contributed by atoms with Gasteiger partial charge in [-0.25, -0.2) is 0 Å². The van der Waals surface area contributed by atoms with Crippen molar-refractivity contribution in [2.24, 2.45) is 0 Å². The Balaban J connectivity index is 1.80. The molecule has 0 fully saturated rings. The van der Waals surface area contributed by atoms with E-state index in [1.807, 2.05) is 18.2 Å². The number of aliphatic hydroxyl groups is 1. The number of thioether (sulfide) groups is 1. The fourth-order valence-electron chi connectivity index (χ4n) is 1.29. The first-order valence-electron chi connectivity index (χ1n) is 5.06. The van der Waals surface area contributed by atoms with Crippen molar-refractivity contribution >= 4 is 11.8 Å². The summed E-state index contributed by atoms with van der Waals surface area (Å²) in [5.41, 5.74) is 0.615. The van der Waals surface area contributed by atoms with E-state index >= 15 is 0 Å². The standard InChI is InChI=1S/C11H13N3OS/c15-9-10-8-14(13-12-10)6-7-16-11-4-2-1-3-5-11/h1-5,8,15H,6-7,9H2. The molecule has 1 aromatic heterocycles. The molecule has 0 bridgehead atoms. The lowest BCUT2D eigenvalue weighted by atomic mass is 10.4. The lowest BCUT2D eigenvalue weighted by Crippen LogP contribution is -2.00. The largest absolute Gasteiger partial charge is 0.390 e. The van der Waals surface area contributed by atoms with Crippen LogP contribution in [0, 0.1) is 0 Å². The zero-order chi connectivity index (χ0) is 11.2. The highest BCUT2D eigenvalue weighted by Gasteiger charge is 1.99. The molecule has 0 atom stereocenters. The maximum absolute atomic E-state index is 8.83. The Hall–Kier alpha value is -1.33. The summed E-state index contributed by atoms with van der Waals surface area (Å²) < 4.78 is 1.75. The number of aliphatic hydroxyl groups excluding tert-OH is 1. The average molecular weight is 235 g/mol. The van der Waals surface area contributed by atoms with E-state index in [0.717, 1.165) is 12.3 Å². The highest BCUT2D eigenvalue weighted by atomic mass is 32.2. The van der Waals surface area contributed by atoms with Crippen molar-refractivity contribution in [2.75, 3.05) is 5.75 Å². The van der Waals surface area contributed by atoms with Gasteiger partial charge < -0.3 is 5.11 Å². The van der Waals surface area contributed by atoms with Gasteiger partial charge in [-0.3, -0.25) is 4.68 Å². The molecule has 2 aromatic rings. The third kappa shape index (κ3) is 3.08. The highest BCUT2D eigenvalue weighted by molar-refractivity contribution is 7.99. The molecule has 0 saturated carbocycles. The van der Waals surface area contributed by atoms with E-state index in [4.69, 9.17) is 5.11 Å². The summed E-state index contributed by atoms with van der Waals surface area (Å²) in [5, 5.41) is 16.6. The van der Waals surface area contributed by atoms with Crippen LogP contribution in [0.1, 0.15) is 5.69 Å². The van der Waals surface area contributed by atoms with Gasteiger partial charge in [0.25, 0.3) is 0 Å². The third-order valence-corrected chi connectivity index (χ3v) is 3.07. The van der Waals surface area contributed by atoms with Crippen LogP contribution in [0.25, 0.3) is 0 Å². The van der Waals surface area contributed by atoms with Crippen molar-refractivity contribution in [3.63, 3.8) is 0 Å². The smallest absolute Gasteiger partial charge is 0.108 e. The van der Waals surface area contributed by atoms with Crippen LogP contribution in [0.5, 0.6) is 0 Å². The first kappa shape index (κ1) is 11.2. The molecule has 16 heavy (non-hydrogen) atoms. The van der Waals surface area contributed by atoms with E-state index in [9.17, 15) is 0 Å². The minimum absolute atomic E-state index is 0.0498. The lowest BCUT2D eigenvalue weighted by Gasteiger charge is -2.00. The molecule has 1 N–H and O–H groups in total. The van der Waals surface area contributed by atoms with Gasteiger partial charge in [0, 0.05) is 10.6 Å². The predicted molar refractivity (Wildman–Crippen MR) is 63.1 cm³/mol. The van der Waals surface area contributed by atoms with Crippen LogP contribution in [-0.4, -0.2) is 25.9 Å². The van der Waals surface area contributed by atoms with Gasteiger partial charge in [-0.05, 0) is 12.1 Å². The first-order valence-corrected chi connectivity index (χ1v) is 6.05. The van der Waals surface area contributed by atoms with Crippen LogP contribution in [0.2, 0.25) is 0 Å². The molecule has 84 valence electrons. The summed E-state index contributed by atoms with van der Waals surface area (Å²) in [5.74, 6) is 0.943. The normalized spacial score (nSPS) is 10.6. The summed E-state index contributed by atoms with van der Waals surface area (Å²) >= 11 is 1.78. The maximum atomic E-state index is 8.83. The third-order valence-electron chi connectivity index (χ3n) is 2.08. The highest BCUT2D eigenvalue weighted by Crippen LogP contribution is 2.16. The van der Waals surface area contributed by atoms with Gasteiger partial charge in [-0.15, -0.1) is 16.9 Å². The number of rotatable bonds is 5. The van der Waals surface area contributed by atoms with Gasteiger partial charge in [0.2, 0.25) is 0 Å². The monoisotopic (exact) mass is 235 g/mol. The number of hydrogen-bond acceptors (Lipinski definition) is 4. The molecule has 0 unspecified atom stereocenters. The lowest BCUT2D eigenvalue weighted by molar-refractivity contribution is 0.276. The second-order valence-electron chi connectivity index (χ2n) is 3.29. The van der Waals surface area contributed by atoms with Crippen LogP contribution in [0.4, 0.5) is 0 Å². The van der Waals surface area contributed by atoms with Crippen LogP contribution in [0.3, 0.4) is 0 Å². The summed E-state index contributed by atoms with van der Waals surface area (Å²) in [7, 11) is 0. The van der Waals surface area contributed by atoms with Gasteiger partial charge in [0.15, 0.2) is 0 Å². The van der Waals surface area contributed by atoms with Gasteiger partial charge in [-0.1, -0.05) is 23.4 Å². The molecule has 0 radical (unpaired) electrons. The van der Waals surface area contributed by atoms with Crippen molar-refractivity contribution in [2.45, 2.75) is 18.0 Å². The molecule has 2 rings (SSSR count). The van der Waals surface area contributed by atoms with Crippen LogP contribution in [-0.2, 0) is 13.2 Å². The quantitative estimate of drug-likeness (QED) is 0.799. The molecular formula is C11H13N3OS. The molecule has 0 aliphatic heterocycles. The number of aromatic nitrogens is 3. The second-order valence-corrected chi connectivity index (χ2v) is 4.46. The fraction of sp³-hybridized carbons (Fsp3) is 0.273. The molecule has 1 aromatic carbocycles. The molecule has 0 aliphatic carbocycles. The van der Waals surface area contributed by atoms with E-state index in [-0.39, 0.29) is 6.61 Å². The van der Waals surface area contributed by atoms with Crippen LogP contribution in [0.15, 0.2) is 41.4 Å². The molecule has 4 nitrogen and oxygen atoms in total. The molecule has 5 heteroatoms. The van der Waals surface area contributed by atoms with E-state index in [1.54, 1.807) is 22.6 Å². The molecule has 1 heterocycles. The van der Waals surface area contributed by atoms with Crippen molar-refractivity contribution < 1.29 is 5.11 Å². The average Bonchev–Trinajstić information content (AvgIpc) is 2.78. The van der Waals surface area contributed by atoms with Crippen molar-refractivity contribution in [3.05, 3.63) is 42.2 Å². The zero-order valence-electron chi connectivity index (χ0n) is 8.78. The van der Waals surface area contributed by atoms with E-state index in [2.05, 4.69) is 22.4 Å². The number of nitrogens with zero attached hydrogens (tertiary/aromatic N) is 3. The Kier molecular flexibility index (Phi) is 3.96.